The summed E-state index contributed by atoms with van der Waals surface area (Å²) in [7, 11) is 0. The first kappa shape index (κ1) is 12.9. The highest BCUT2D eigenvalue weighted by atomic mass is 16.3. The third kappa shape index (κ3) is 2.48. The molecule has 1 aromatic carbocycles. The summed E-state index contributed by atoms with van der Waals surface area (Å²) in [5.41, 5.74) is 7.98. The summed E-state index contributed by atoms with van der Waals surface area (Å²) in [6.07, 6.45) is 3.57. The van der Waals surface area contributed by atoms with Gasteiger partial charge in [-0.05, 0) is 44.4 Å². The van der Waals surface area contributed by atoms with Crippen molar-refractivity contribution in [2.75, 3.05) is 23.8 Å². The van der Waals surface area contributed by atoms with Gasteiger partial charge in [-0.1, -0.05) is 0 Å². The van der Waals surface area contributed by atoms with Crippen molar-refractivity contribution in [1.82, 2.24) is 0 Å². The summed E-state index contributed by atoms with van der Waals surface area (Å²) in [5, 5.41) is 9.15. The van der Waals surface area contributed by atoms with E-state index in [4.69, 9.17) is 10.8 Å². The molecule has 0 aliphatic heterocycles. The minimum Gasteiger partial charge on any atom is -0.398 e. The Morgan fingerprint density at radius 1 is 1.50 bits per heavy atom. The van der Waals surface area contributed by atoms with Crippen molar-refractivity contribution >= 4 is 17.2 Å². The van der Waals surface area contributed by atoms with Gasteiger partial charge in [-0.25, -0.2) is 0 Å². The van der Waals surface area contributed by atoms with Gasteiger partial charge in [-0.2, -0.15) is 0 Å². The van der Waals surface area contributed by atoms with Gasteiger partial charge in [-0.3, -0.25) is 4.79 Å². The average Bonchev–Trinajstić information content (AvgIpc) is 2.25. The van der Waals surface area contributed by atoms with Crippen molar-refractivity contribution in [3.05, 3.63) is 23.8 Å². The van der Waals surface area contributed by atoms with Crippen LogP contribution in [0.1, 0.15) is 36.5 Å². The molecule has 0 saturated heterocycles. The summed E-state index contributed by atoms with van der Waals surface area (Å²) in [6.45, 7) is 2.26. The average molecular weight is 248 g/mol. The molecule has 0 amide bonds. The lowest BCUT2D eigenvalue weighted by Gasteiger charge is -2.39. The maximum atomic E-state index is 11.3. The van der Waals surface area contributed by atoms with Gasteiger partial charge in [0.15, 0.2) is 5.78 Å². The van der Waals surface area contributed by atoms with Crippen LogP contribution in [0.5, 0.6) is 0 Å². The molecular weight excluding hydrogens is 228 g/mol. The molecular formula is C14H20N2O2. The molecule has 3 N–H and O–H groups in total. The number of Topliss-reactive ketones (excluding diaryl/α,β-unsaturated/α-hetero) is 1. The van der Waals surface area contributed by atoms with Gasteiger partial charge >= 0.3 is 0 Å². The molecule has 1 saturated carbocycles. The highest BCUT2D eigenvalue weighted by Crippen LogP contribution is 2.31. The van der Waals surface area contributed by atoms with Gasteiger partial charge in [0, 0.05) is 29.5 Å². The number of nitrogens with zero attached hydrogens (tertiary/aromatic N) is 1. The largest absolute Gasteiger partial charge is 0.398 e. The summed E-state index contributed by atoms with van der Waals surface area (Å²) >= 11 is 0. The number of nitrogens with two attached hydrogens (primary N) is 1. The number of hydrogen-bond acceptors (Lipinski definition) is 4. The summed E-state index contributed by atoms with van der Waals surface area (Å²) < 4.78 is 0. The van der Waals surface area contributed by atoms with E-state index in [0.717, 1.165) is 18.5 Å². The molecule has 4 nitrogen and oxygen atoms in total. The van der Waals surface area contributed by atoms with Crippen LogP contribution in [0, 0.1) is 0 Å². The highest BCUT2D eigenvalue weighted by molar-refractivity contribution is 5.99. The standard InChI is InChI=1S/C14H20N2O2/c1-10(18)13-6-5-12(9-14(13)15)16(7-8-17)11-3-2-4-11/h5-6,9,11,17H,2-4,7-8,15H2,1H3. The number of aliphatic hydroxyl groups is 1. The van der Waals surface area contributed by atoms with Crippen LogP contribution in [-0.2, 0) is 0 Å². The fourth-order valence-electron chi connectivity index (χ4n) is 2.38. The highest BCUT2D eigenvalue weighted by Gasteiger charge is 2.25. The summed E-state index contributed by atoms with van der Waals surface area (Å²) in [5.74, 6) is -0.0172. The van der Waals surface area contributed by atoms with E-state index in [1.54, 1.807) is 6.07 Å². The van der Waals surface area contributed by atoms with Crippen LogP contribution in [0.4, 0.5) is 11.4 Å². The van der Waals surface area contributed by atoms with Crippen LogP contribution >= 0.6 is 0 Å². The van der Waals surface area contributed by atoms with Gasteiger partial charge in [0.2, 0.25) is 0 Å². The molecule has 4 heteroatoms. The second kappa shape index (κ2) is 5.40. The lowest BCUT2D eigenvalue weighted by Crippen LogP contribution is -2.42. The molecule has 0 radical (unpaired) electrons. The number of anilines is 2. The Balaban J connectivity index is 2.24. The number of nitrogen functional groups attached to an aromatic ring is 1. The van der Waals surface area contributed by atoms with E-state index in [2.05, 4.69) is 4.90 Å². The van der Waals surface area contributed by atoms with Crippen LogP contribution in [0.3, 0.4) is 0 Å². The molecule has 0 heterocycles. The van der Waals surface area contributed by atoms with Crippen molar-refractivity contribution in [3.63, 3.8) is 0 Å². The molecule has 0 spiro atoms. The second-order valence-electron chi connectivity index (χ2n) is 4.83. The smallest absolute Gasteiger partial charge is 0.161 e. The third-order valence-electron chi connectivity index (χ3n) is 3.60. The molecule has 1 aliphatic rings. The van der Waals surface area contributed by atoms with E-state index >= 15 is 0 Å². The number of carbonyl (C=O) groups excluding carboxylic acids is 1. The predicted molar refractivity (Wildman–Crippen MR) is 72.9 cm³/mol. The summed E-state index contributed by atoms with van der Waals surface area (Å²) in [6, 6.07) is 6.03. The molecule has 1 aromatic rings. The first-order valence-electron chi connectivity index (χ1n) is 6.41. The van der Waals surface area contributed by atoms with Gasteiger partial charge in [0.1, 0.15) is 0 Å². The lowest BCUT2D eigenvalue weighted by molar-refractivity contribution is 0.101. The Morgan fingerprint density at radius 2 is 2.22 bits per heavy atom. The SMILES string of the molecule is CC(=O)c1ccc(N(CCO)C2CCC2)cc1N. The number of carbonyl (C=O) groups is 1. The number of aliphatic hydroxyl groups excluding tert-OH is 1. The van der Waals surface area contributed by atoms with E-state index in [9.17, 15) is 4.79 Å². The molecule has 0 bridgehead atoms. The minimum atomic E-state index is -0.0172. The summed E-state index contributed by atoms with van der Waals surface area (Å²) in [4.78, 5) is 13.5. The Labute approximate surface area is 107 Å². The minimum absolute atomic E-state index is 0.0172. The van der Waals surface area contributed by atoms with Crippen molar-refractivity contribution in [2.24, 2.45) is 0 Å². The maximum absolute atomic E-state index is 11.3. The first-order valence-corrected chi connectivity index (χ1v) is 6.41. The van der Waals surface area contributed by atoms with Crippen LogP contribution in [0.25, 0.3) is 0 Å². The van der Waals surface area contributed by atoms with Crippen LogP contribution in [0.2, 0.25) is 0 Å². The van der Waals surface area contributed by atoms with Gasteiger partial charge < -0.3 is 15.7 Å². The number of rotatable bonds is 5. The van der Waals surface area contributed by atoms with Gasteiger partial charge in [-0.15, -0.1) is 0 Å². The monoisotopic (exact) mass is 248 g/mol. The molecule has 0 atom stereocenters. The van der Waals surface area contributed by atoms with E-state index in [1.165, 1.54) is 13.3 Å². The van der Waals surface area contributed by atoms with Crippen molar-refractivity contribution in [1.29, 1.82) is 0 Å². The Kier molecular flexibility index (Phi) is 3.87. The van der Waals surface area contributed by atoms with E-state index < -0.39 is 0 Å². The topological polar surface area (TPSA) is 66.6 Å². The van der Waals surface area contributed by atoms with Crippen molar-refractivity contribution < 1.29 is 9.90 Å². The molecule has 1 fully saturated rings. The maximum Gasteiger partial charge on any atom is 0.161 e. The predicted octanol–water partition coefficient (Wildman–Crippen LogP) is 1.82. The fourth-order valence-corrected chi connectivity index (χ4v) is 2.38. The molecule has 0 unspecified atom stereocenters. The fraction of sp³-hybridized carbons (Fsp3) is 0.500. The first-order chi connectivity index (χ1) is 8.63. The quantitative estimate of drug-likeness (QED) is 0.616. The number of ketones is 1. The van der Waals surface area contributed by atoms with E-state index in [-0.39, 0.29) is 12.4 Å². The van der Waals surface area contributed by atoms with Gasteiger partial charge in [0.25, 0.3) is 0 Å². The van der Waals surface area contributed by atoms with Crippen LogP contribution in [0.15, 0.2) is 18.2 Å². The van der Waals surface area contributed by atoms with E-state index in [0.29, 0.717) is 23.8 Å². The lowest BCUT2D eigenvalue weighted by atomic mass is 9.91. The van der Waals surface area contributed by atoms with E-state index in [1.807, 2.05) is 12.1 Å². The molecule has 1 aliphatic carbocycles. The zero-order chi connectivity index (χ0) is 13.1. The van der Waals surface area contributed by atoms with Crippen LogP contribution in [-0.4, -0.2) is 30.1 Å². The zero-order valence-electron chi connectivity index (χ0n) is 10.7. The Hall–Kier alpha value is -1.55. The number of benzene rings is 1. The normalized spacial score (nSPS) is 15.2. The third-order valence-corrected chi connectivity index (χ3v) is 3.60. The Bertz CT molecular complexity index is 441. The zero-order valence-corrected chi connectivity index (χ0v) is 10.7. The number of hydrogen-bond donors (Lipinski definition) is 2. The molecule has 98 valence electrons. The van der Waals surface area contributed by atoms with Crippen molar-refractivity contribution in [3.8, 4) is 0 Å². The second-order valence-corrected chi connectivity index (χ2v) is 4.83. The molecule has 18 heavy (non-hydrogen) atoms. The molecule has 0 aromatic heterocycles. The van der Waals surface area contributed by atoms with Crippen molar-refractivity contribution in [2.45, 2.75) is 32.2 Å². The Morgan fingerprint density at radius 3 is 2.67 bits per heavy atom. The van der Waals surface area contributed by atoms with Gasteiger partial charge in [0.05, 0.1) is 6.61 Å². The molecule has 2 rings (SSSR count). The van der Waals surface area contributed by atoms with Crippen LogP contribution < -0.4 is 10.6 Å².